The molecule has 0 saturated carbocycles. The zero-order chi connectivity index (χ0) is 9.03. The first-order valence-electron chi connectivity index (χ1n) is 3.40. The first-order chi connectivity index (χ1) is 5.67. The van der Waals surface area contributed by atoms with E-state index in [9.17, 15) is 14.0 Å². The van der Waals surface area contributed by atoms with E-state index in [0.717, 1.165) is 0 Å². The Labute approximate surface area is 68.0 Å². The molecule has 0 aromatic carbocycles. The lowest BCUT2D eigenvalue weighted by Gasteiger charge is -2.14. The SMILES string of the molecule is [O-][NH2+]CC(F)(F)c1ccccn1. The van der Waals surface area contributed by atoms with Crippen LogP contribution in [0.1, 0.15) is 5.69 Å². The molecule has 1 aromatic rings. The predicted molar refractivity (Wildman–Crippen MR) is 38.3 cm³/mol. The summed E-state index contributed by atoms with van der Waals surface area (Å²) >= 11 is 0. The van der Waals surface area contributed by atoms with Crippen LogP contribution in [0.3, 0.4) is 0 Å². The third-order valence-electron chi connectivity index (χ3n) is 1.38. The van der Waals surface area contributed by atoms with Crippen molar-refractivity contribution in [3.63, 3.8) is 0 Å². The molecule has 0 atom stereocenters. The van der Waals surface area contributed by atoms with Gasteiger partial charge in [-0.3, -0.25) is 4.98 Å². The van der Waals surface area contributed by atoms with Crippen molar-refractivity contribution < 1.29 is 14.3 Å². The van der Waals surface area contributed by atoms with Crippen molar-refractivity contribution in [1.29, 1.82) is 0 Å². The first-order valence-corrected chi connectivity index (χ1v) is 3.40. The molecule has 0 bridgehead atoms. The average molecular weight is 174 g/mol. The topological polar surface area (TPSA) is 52.6 Å². The molecule has 1 rings (SSSR count). The summed E-state index contributed by atoms with van der Waals surface area (Å²) < 4.78 is 25.7. The molecule has 0 amide bonds. The number of hydrogen-bond acceptors (Lipinski definition) is 2. The van der Waals surface area contributed by atoms with Crippen molar-refractivity contribution in [1.82, 2.24) is 4.98 Å². The van der Waals surface area contributed by atoms with Gasteiger partial charge < -0.3 is 10.7 Å². The molecule has 1 aromatic heterocycles. The lowest BCUT2D eigenvalue weighted by Crippen LogP contribution is -2.80. The first kappa shape index (κ1) is 9.02. The van der Waals surface area contributed by atoms with Gasteiger partial charge in [-0.05, 0) is 12.1 Å². The highest BCUT2D eigenvalue weighted by atomic mass is 19.3. The van der Waals surface area contributed by atoms with Crippen LogP contribution in [0.4, 0.5) is 8.78 Å². The van der Waals surface area contributed by atoms with Crippen molar-refractivity contribution in [2.75, 3.05) is 6.54 Å². The smallest absolute Gasteiger partial charge is 0.337 e. The normalized spacial score (nSPS) is 11.6. The number of rotatable bonds is 3. The van der Waals surface area contributed by atoms with Crippen LogP contribution in [0, 0.1) is 5.21 Å². The highest BCUT2D eigenvalue weighted by Gasteiger charge is 2.33. The molecular formula is C7H8F2N2O. The number of hydroxylamine groups is 1. The molecule has 0 radical (unpaired) electrons. The Morgan fingerprint density at radius 1 is 1.50 bits per heavy atom. The highest BCUT2D eigenvalue weighted by molar-refractivity contribution is 5.09. The maximum atomic E-state index is 12.9. The molecule has 0 aliphatic heterocycles. The van der Waals surface area contributed by atoms with Crippen molar-refractivity contribution in [3.05, 3.63) is 35.3 Å². The minimum atomic E-state index is -3.14. The number of halogens is 2. The summed E-state index contributed by atoms with van der Waals surface area (Å²) in [5.41, 5.74) is -0.175. The Morgan fingerprint density at radius 3 is 2.75 bits per heavy atom. The van der Waals surface area contributed by atoms with Crippen molar-refractivity contribution in [3.8, 4) is 0 Å². The summed E-state index contributed by atoms with van der Waals surface area (Å²) in [4.78, 5) is 3.46. The van der Waals surface area contributed by atoms with Crippen molar-refractivity contribution in [2.45, 2.75) is 5.92 Å². The van der Waals surface area contributed by atoms with Gasteiger partial charge in [-0.1, -0.05) is 6.07 Å². The van der Waals surface area contributed by atoms with Crippen LogP contribution in [0.25, 0.3) is 0 Å². The molecule has 2 N–H and O–H groups in total. The molecule has 12 heavy (non-hydrogen) atoms. The van der Waals surface area contributed by atoms with Crippen LogP contribution in [0.15, 0.2) is 24.4 Å². The molecule has 0 aliphatic rings. The Bertz CT molecular complexity index is 240. The fourth-order valence-electron chi connectivity index (χ4n) is 0.788. The molecule has 66 valence electrons. The van der Waals surface area contributed by atoms with Gasteiger partial charge in [0.1, 0.15) is 12.2 Å². The number of aromatic nitrogens is 1. The lowest BCUT2D eigenvalue weighted by atomic mass is 10.2. The van der Waals surface area contributed by atoms with Gasteiger partial charge in [0.15, 0.2) is 0 Å². The van der Waals surface area contributed by atoms with E-state index in [2.05, 4.69) is 4.98 Å². The highest BCUT2D eigenvalue weighted by Crippen LogP contribution is 2.23. The van der Waals surface area contributed by atoms with Crippen LogP contribution in [0.5, 0.6) is 0 Å². The second-order valence-electron chi connectivity index (χ2n) is 2.29. The molecule has 0 spiro atoms. The van der Waals surface area contributed by atoms with Crippen LogP contribution in [-0.4, -0.2) is 11.5 Å². The van der Waals surface area contributed by atoms with Gasteiger partial charge >= 0.3 is 5.92 Å². The van der Waals surface area contributed by atoms with Crippen LogP contribution < -0.4 is 5.48 Å². The van der Waals surface area contributed by atoms with Gasteiger partial charge in [0.05, 0.1) is 0 Å². The molecule has 3 nitrogen and oxygen atoms in total. The van der Waals surface area contributed by atoms with E-state index in [4.69, 9.17) is 0 Å². The molecular weight excluding hydrogens is 166 g/mol. The zero-order valence-electron chi connectivity index (χ0n) is 6.21. The Balaban J connectivity index is 2.82. The molecule has 1 heterocycles. The van der Waals surface area contributed by atoms with E-state index in [1.807, 2.05) is 0 Å². The fraction of sp³-hybridized carbons (Fsp3) is 0.286. The number of hydrogen-bond donors (Lipinski definition) is 1. The zero-order valence-corrected chi connectivity index (χ0v) is 6.21. The van der Waals surface area contributed by atoms with Gasteiger partial charge in [-0.25, -0.2) is 0 Å². The summed E-state index contributed by atoms with van der Waals surface area (Å²) in [7, 11) is 0. The third kappa shape index (κ3) is 1.96. The second kappa shape index (κ2) is 3.55. The van der Waals surface area contributed by atoms with E-state index < -0.39 is 12.5 Å². The van der Waals surface area contributed by atoms with E-state index in [1.54, 1.807) is 6.07 Å². The Kier molecular flexibility index (Phi) is 2.67. The largest absolute Gasteiger partial charge is 0.636 e. The summed E-state index contributed by atoms with van der Waals surface area (Å²) in [5, 5.41) is 9.89. The fourth-order valence-corrected chi connectivity index (χ4v) is 0.788. The van der Waals surface area contributed by atoms with Crippen LogP contribution >= 0.6 is 0 Å². The summed E-state index contributed by atoms with van der Waals surface area (Å²) in [6, 6.07) is 4.20. The average Bonchev–Trinajstić information content (AvgIpc) is 2.06. The van der Waals surface area contributed by atoms with E-state index >= 15 is 0 Å². The number of nitrogens with two attached hydrogens (primary N) is 1. The van der Waals surface area contributed by atoms with E-state index in [0.29, 0.717) is 0 Å². The van der Waals surface area contributed by atoms with Crippen molar-refractivity contribution >= 4 is 0 Å². The molecule has 0 fully saturated rings. The third-order valence-corrected chi connectivity index (χ3v) is 1.38. The molecule has 0 aliphatic carbocycles. The molecule has 5 heteroatoms. The monoisotopic (exact) mass is 174 g/mol. The number of quaternary nitrogens is 1. The second-order valence-corrected chi connectivity index (χ2v) is 2.29. The van der Waals surface area contributed by atoms with Gasteiger partial charge in [0.25, 0.3) is 0 Å². The number of nitrogens with zero attached hydrogens (tertiary/aromatic N) is 1. The maximum Gasteiger partial charge on any atom is 0.337 e. The van der Waals surface area contributed by atoms with E-state index in [-0.39, 0.29) is 11.2 Å². The predicted octanol–water partition coefficient (Wildman–Crippen LogP) is 0.235. The van der Waals surface area contributed by atoms with Crippen LogP contribution in [0.2, 0.25) is 0 Å². The van der Waals surface area contributed by atoms with Gasteiger partial charge in [-0.15, -0.1) is 0 Å². The van der Waals surface area contributed by atoms with Crippen LogP contribution in [-0.2, 0) is 5.92 Å². The maximum absolute atomic E-state index is 12.9. The standard InChI is InChI=1S/C7H8F2N2O/c8-7(9,5-11-12)6-3-1-2-4-10-6/h1-4H,5,11H2. The Hall–Kier alpha value is -1.07. The summed E-state index contributed by atoms with van der Waals surface area (Å²) in [5.74, 6) is -3.14. The van der Waals surface area contributed by atoms with Gasteiger partial charge in [0.2, 0.25) is 0 Å². The number of pyridine rings is 1. The number of alkyl halides is 2. The Morgan fingerprint density at radius 2 is 2.25 bits per heavy atom. The van der Waals surface area contributed by atoms with E-state index in [1.165, 1.54) is 18.3 Å². The molecule has 0 saturated heterocycles. The summed E-state index contributed by atoms with van der Waals surface area (Å²) in [6.45, 7) is -0.815. The lowest BCUT2D eigenvalue weighted by molar-refractivity contribution is -0.609. The minimum Gasteiger partial charge on any atom is -0.636 e. The minimum absolute atomic E-state index is 0.189. The molecule has 0 unspecified atom stereocenters. The van der Waals surface area contributed by atoms with Gasteiger partial charge in [-0.2, -0.15) is 8.78 Å². The quantitative estimate of drug-likeness (QED) is 0.667. The van der Waals surface area contributed by atoms with Gasteiger partial charge in [0, 0.05) is 6.20 Å². The summed E-state index contributed by atoms with van der Waals surface area (Å²) in [6.07, 6.45) is 1.27. The van der Waals surface area contributed by atoms with Crippen molar-refractivity contribution in [2.24, 2.45) is 0 Å².